The molecule has 0 aliphatic heterocycles. The van der Waals surface area contributed by atoms with Crippen LogP contribution < -0.4 is 5.32 Å². The quantitative estimate of drug-likeness (QED) is 0.705. The Labute approximate surface area is 129 Å². The number of carbonyl (C=O) groups is 1. The number of hydrogen-bond donors (Lipinski definition) is 1. The van der Waals surface area contributed by atoms with E-state index >= 15 is 0 Å². The van der Waals surface area contributed by atoms with Gasteiger partial charge in [-0.25, -0.2) is 13.2 Å². The number of benzene rings is 2. The van der Waals surface area contributed by atoms with Gasteiger partial charge in [0.15, 0.2) is 0 Å². The van der Waals surface area contributed by atoms with Gasteiger partial charge in [-0.3, -0.25) is 4.79 Å². The van der Waals surface area contributed by atoms with E-state index in [9.17, 15) is 18.0 Å². The summed E-state index contributed by atoms with van der Waals surface area (Å²) in [6, 6.07) is 5.39. The zero-order valence-electron chi connectivity index (χ0n) is 9.68. The van der Waals surface area contributed by atoms with Crippen LogP contribution in [-0.2, 0) is 0 Å². The van der Waals surface area contributed by atoms with Gasteiger partial charge in [-0.05, 0) is 56.1 Å². The van der Waals surface area contributed by atoms with Crippen LogP contribution in [0, 0.1) is 17.5 Å². The van der Waals surface area contributed by atoms with E-state index in [1.54, 1.807) is 0 Å². The topological polar surface area (TPSA) is 29.1 Å². The Kier molecular flexibility index (Phi) is 4.49. The first-order valence-electron chi connectivity index (χ1n) is 5.29. The number of rotatable bonds is 2. The van der Waals surface area contributed by atoms with Gasteiger partial charge in [0.05, 0.1) is 14.6 Å². The molecule has 0 fully saturated rings. The molecule has 20 heavy (non-hydrogen) atoms. The first-order valence-corrected chi connectivity index (χ1v) is 6.88. The number of carbonyl (C=O) groups excluding carboxylic acids is 1. The first kappa shape index (κ1) is 15.1. The van der Waals surface area contributed by atoms with Crippen molar-refractivity contribution >= 4 is 43.5 Å². The van der Waals surface area contributed by atoms with Crippen molar-refractivity contribution in [3.8, 4) is 0 Å². The lowest BCUT2D eigenvalue weighted by Crippen LogP contribution is -2.13. The summed E-state index contributed by atoms with van der Waals surface area (Å²) >= 11 is 5.85. The second-order valence-electron chi connectivity index (χ2n) is 3.83. The Morgan fingerprint density at radius 2 is 1.55 bits per heavy atom. The molecule has 0 aliphatic carbocycles. The molecule has 0 saturated carbocycles. The average molecular weight is 409 g/mol. The number of hydrogen-bond acceptors (Lipinski definition) is 1. The zero-order valence-corrected chi connectivity index (χ0v) is 12.9. The molecule has 0 aromatic heterocycles. The molecule has 0 saturated heterocycles. The summed E-state index contributed by atoms with van der Waals surface area (Å²) in [4.78, 5) is 11.9. The predicted molar refractivity (Wildman–Crippen MR) is 76.1 cm³/mol. The fourth-order valence-electron chi connectivity index (χ4n) is 1.45. The Morgan fingerprint density at radius 3 is 2.20 bits per heavy atom. The van der Waals surface area contributed by atoms with Crippen molar-refractivity contribution in [3.05, 3.63) is 62.3 Å². The number of amides is 1. The molecule has 2 aromatic carbocycles. The van der Waals surface area contributed by atoms with Crippen LogP contribution in [0.25, 0.3) is 0 Å². The summed E-state index contributed by atoms with van der Waals surface area (Å²) in [7, 11) is 0. The Morgan fingerprint density at radius 1 is 0.900 bits per heavy atom. The van der Waals surface area contributed by atoms with Crippen molar-refractivity contribution < 1.29 is 18.0 Å². The van der Waals surface area contributed by atoms with E-state index in [1.165, 1.54) is 12.1 Å². The normalized spacial score (nSPS) is 10.4. The number of halogens is 5. The summed E-state index contributed by atoms with van der Waals surface area (Å²) < 4.78 is 39.8. The molecule has 0 atom stereocenters. The second kappa shape index (κ2) is 5.97. The third-order valence-corrected chi connectivity index (χ3v) is 3.66. The fraction of sp³-hybridized carbons (Fsp3) is 0. The number of nitrogens with one attached hydrogen (secondary N) is 1. The fourth-order valence-corrected chi connectivity index (χ4v) is 2.17. The van der Waals surface area contributed by atoms with E-state index in [-0.39, 0.29) is 20.2 Å². The molecular weight excluding hydrogens is 403 g/mol. The highest BCUT2D eigenvalue weighted by molar-refractivity contribution is 9.10. The van der Waals surface area contributed by atoms with E-state index in [0.29, 0.717) is 6.07 Å². The van der Waals surface area contributed by atoms with Crippen LogP contribution in [0.2, 0.25) is 0 Å². The van der Waals surface area contributed by atoms with E-state index in [0.717, 1.165) is 12.1 Å². The minimum atomic E-state index is -0.903. The minimum Gasteiger partial charge on any atom is -0.319 e. The Hall–Kier alpha value is -1.34. The van der Waals surface area contributed by atoms with Gasteiger partial charge in [-0.2, -0.15) is 0 Å². The second-order valence-corrected chi connectivity index (χ2v) is 5.54. The monoisotopic (exact) mass is 407 g/mol. The lowest BCUT2D eigenvalue weighted by atomic mass is 10.2. The van der Waals surface area contributed by atoms with Gasteiger partial charge in [0.1, 0.15) is 17.5 Å². The van der Waals surface area contributed by atoms with Gasteiger partial charge in [0.2, 0.25) is 0 Å². The Balaban J connectivity index is 2.27. The third kappa shape index (κ3) is 3.21. The van der Waals surface area contributed by atoms with Crippen LogP contribution in [0.4, 0.5) is 18.9 Å². The summed E-state index contributed by atoms with van der Waals surface area (Å²) in [6.45, 7) is 0. The van der Waals surface area contributed by atoms with Crippen LogP contribution >= 0.6 is 31.9 Å². The first-order chi connectivity index (χ1) is 9.38. The van der Waals surface area contributed by atoms with Crippen molar-refractivity contribution in [2.75, 3.05) is 5.32 Å². The standard InChI is InChI=1S/C13H6Br2F3NO/c14-7-3-6(1-2-9(7)16)13(20)19-12-4-8(15)10(17)5-11(12)18/h1-5H,(H,19,20). The summed E-state index contributed by atoms with van der Waals surface area (Å²) in [5.74, 6) is -2.83. The molecule has 2 nitrogen and oxygen atoms in total. The molecule has 1 amide bonds. The lowest BCUT2D eigenvalue weighted by Gasteiger charge is -2.08. The smallest absolute Gasteiger partial charge is 0.255 e. The molecule has 0 heterocycles. The molecule has 0 spiro atoms. The maximum absolute atomic E-state index is 13.5. The van der Waals surface area contributed by atoms with Crippen molar-refractivity contribution in [1.29, 1.82) is 0 Å². The van der Waals surface area contributed by atoms with Crippen LogP contribution in [-0.4, -0.2) is 5.91 Å². The lowest BCUT2D eigenvalue weighted by molar-refractivity contribution is 0.102. The Bertz CT molecular complexity index is 692. The van der Waals surface area contributed by atoms with Gasteiger partial charge < -0.3 is 5.32 Å². The van der Waals surface area contributed by atoms with Gasteiger partial charge in [0, 0.05) is 11.6 Å². The molecule has 1 N–H and O–H groups in total. The largest absolute Gasteiger partial charge is 0.319 e. The van der Waals surface area contributed by atoms with Crippen LogP contribution in [0.15, 0.2) is 39.3 Å². The van der Waals surface area contributed by atoms with Crippen molar-refractivity contribution in [3.63, 3.8) is 0 Å². The molecule has 2 aromatic rings. The average Bonchev–Trinajstić information content (AvgIpc) is 2.39. The van der Waals surface area contributed by atoms with E-state index in [2.05, 4.69) is 37.2 Å². The van der Waals surface area contributed by atoms with Crippen molar-refractivity contribution in [2.45, 2.75) is 0 Å². The molecule has 0 radical (unpaired) electrons. The van der Waals surface area contributed by atoms with Crippen LogP contribution in [0.1, 0.15) is 10.4 Å². The third-order valence-electron chi connectivity index (χ3n) is 2.44. The summed E-state index contributed by atoms with van der Waals surface area (Å²) in [5, 5.41) is 2.29. The minimum absolute atomic E-state index is 0.0227. The van der Waals surface area contributed by atoms with Crippen LogP contribution in [0.3, 0.4) is 0 Å². The predicted octanol–water partition coefficient (Wildman–Crippen LogP) is 4.88. The highest BCUT2D eigenvalue weighted by Crippen LogP contribution is 2.24. The highest BCUT2D eigenvalue weighted by Gasteiger charge is 2.13. The molecule has 0 aliphatic rings. The highest BCUT2D eigenvalue weighted by atomic mass is 79.9. The summed E-state index contributed by atoms with van der Waals surface area (Å²) in [6.07, 6.45) is 0. The van der Waals surface area contributed by atoms with Crippen LogP contribution in [0.5, 0.6) is 0 Å². The molecule has 2 rings (SSSR count). The van der Waals surface area contributed by atoms with Crippen molar-refractivity contribution in [1.82, 2.24) is 0 Å². The van der Waals surface area contributed by atoms with Gasteiger partial charge in [-0.15, -0.1) is 0 Å². The van der Waals surface area contributed by atoms with Gasteiger partial charge in [0.25, 0.3) is 5.91 Å². The maximum atomic E-state index is 13.5. The number of anilines is 1. The summed E-state index contributed by atoms with van der Waals surface area (Å²) in [5.41, 5.74) is -0.0400. The van der Waals surface area contributed by atoms with E-state index < -0.39 is 23.4 Å². The SMILES string of the molecule is O=C(Nc1cc(Br)c(F)cc1F)c1ccc(F)c(Br)c1. The molecule has 7 heteroatoms. The molecule has 0 unspecified atom stereocenters. The van der Waals surface area contributed by atoms with Gasteiger partial charge in [-0.1, -0.05) is 0 Å². The molecule has 0 bridgehead atoms. The molecular formula is C13H6Br2F3NO. The van der Waals surface area contributed by atoms with Crippen molar-refractivity contribution in [2.24, 2.45) is 0 Å². The van der Waals surface area contributed by atoms with E-state index in [4.69, 9.17) is 0 Å². The van der Waals surface area contributed by atoms with Gasteiger partial charge >= 0.3 is 0 Å². The molecule has 104 valence electrons. The van der Waals surface area contributed by atoms with E-state index in [1.807, 2.05) is 0 Å². The maximum Gasteiger partial charge on any atom is 0.255 e. The zero-order chi connectivity index (χ0) is 14.9.